The second-order valence-corrected chi connectivity index (χ2v) is 9.95. The van der Waals surface area contributed by atoms with Gasteiger partial charge in [-0.3, -0.25) is 4.79 Å². The predicted octanol–water partition coefficient (Wildman–Crippen LogP) is 2.34. The third-order valence-electron chi connectivity index (χ3n) is 9.40. The van der Waals surface area contributed by atoms with Crippen molar-refractivity contribution in [3.8, 4) is 0 Å². The van der Waals surface area contributed by atoms with E-state index in [0.29, 0.717) is 25.4 Å². The van der Waals surface area contributed by atoms with E-state index >= 15 is 0 Å². The smallest absolute Gasteiger partial charge is 0.307 e. The molecule has 1 heterocycles. The molecular formula is C20H30O5. The Morgan fingerprint density at radius 1 is 1.04 bits per heavy atom. The lowest BCUT2D eigenvalue weighted by molar-refractivity contribution is -0.216. The van der Waals surface area contributed by atoms with Crippen molar-refractivity contribution in [1.82, 2.24) is 0 Å². The first kappa shape index (κ1) is 16.5. The summed E-state index contributed by atoms with van der Waals surface area (Å²) in [6, 6.07) is 0. The number of carboxylic acid groups (broad SMARTS) is 1. The van der Waals surface area contributed by atoms with Gasteiger partial charge in [0.1, 0.15) is 0 Å². The molecule has 3 N–H and O–H groups in total. The molecule has 1 saturated heterocycles. The number of aliphatic hydroxyl groups excluding tert-OH is 1. The van der Waals surface area contributed by atoms with Crippen LogP contribution in [0.2, 0.25) is 0 Å². The molecule has 8 atom stereocenters. The van der Waals surface area contributed by atoms with Crippen LogP contribution in [0.25, 0.3) is 0 Å². The normalized spacial score (nSPS) is 59.8. The third kappa shape index (κ3) is 1.73. The molecule has 0 aromatic carbocycles. The Bertz CT molecular complexity index is 621. The number of hydrogen-bond donors (Lipinski definition) is 3. The van der Waals surface area contributed by atoms with E-state index in [9.17, 15) is 20.1 Å². The number of carboxylic acids is 1. The maximum Gasteiger partial charge on any atom is 0.307 e. The van der Waals surface area contributed by atoms with Gasteiger partial charge in [0.05, 0.1) is 29.8 Å². The van der Waals surface area contributed by atoms with Gasteiger partial charge in [-0.2, -0.15) is 0 Å². The van der Waals surface area contributed by atoms with Crippen molar-refractivity contribution >= 4 is 5.97 Å². The highest BCUT2D eigenvalue weighted by molar-refractivity contribution is 5.71. The van der Waals surface area contributed by atoms with Crippen LogP contribution >= 0.6 is 0 Å². The van der Waals surface area contributed by atoms with E-state index in [1.54, 1.807) is 0 Å². The Morgan fingerprint density at radius 3 is 2.60 bits per heavy atom. The lowest BCUT2D eigenvalue weighted by atomic mass is 9.42. The SMILES string of the molecule is C[C@]12CC[C@@H]3[C@]4(CC[C@@]5(O)C[C@H](O)CC[C@@]35CO4)[C@H]1CC[C@H]2C(=O)O. The topological polar surface area (TPSA) is 87.0 Å². The molecule has 0 aromatic heterocycles. The lowest BCUT2D eigenvalue weighted by Gasteiger charge is -2.63. The van der Waals surface area contributed by atoms with Crippen LogP contribution in [0.5, 0.6) is 0 Å². The highest BCUT2D eigenvalue weighted by atomic mass is 16.5. The zero-order valence-electron chi connectivity index (χ0n) is 15.0. The molecule has 2 bridgehead atoms. The van der Waals surface area contributed by atoms with E-state index in [-0.39, 0.29) is 28.3 Å². The van der Waals surface area contributed by atoms with Crippen LogP contribution < -0.4 is 0 Å². The molecule has 0 aromatic rings. The maximum atomic E-state index is 11.8. The molecule has 1 spiro atoms. The second-order valence-electron chi connectivity index (χ2n) is 9.95. The minimum absolute atomic E-state index is 0.183. The second kappa shape index (κ2) is 4.79. The Hall–Kier alpha value is -0.650. The summed E-state index contributed by atoms with van der Waals surface area (Å²) in [6.07, 6.45) is 6.72. The van der Waals surface area contributed by atoms with Crippen molar-refractivity contribution in [2.45, 2.75) is 82.0 Å². The van der Waals surface area contributed by atoms with E-state index in [1.807, 2.05) is 0 Å². The van der Waals surface area contributed by atoms with Crippen molar-refractivity contribution in [2.75, 3.05) is 6.61 Å². The highest BCUT2D eigenvalue weighted by Gasteiger charge is 2.76. The number of aliphatic carboxylic acids is 1. The summed E-state index contributed by atoms with van der Waals surface area (Å²) in [5.74, 6) is -0.310. The van der Waals surface area contributed by atoms with Gasteiger partial charge in [-0.05, 0) is 68.6 Å². The van der Waals surface area contributed by atoms with Gasteiger partial charge >= 0.3 is 5.97 Å². The summed E-state index contributed by atoms with van der Waals surface area (Å²) in [4.78, 5) is 11.8. The monoisotopic (exact) mass is 350 g/mol. The van der Waals surface area contributed by atoms with Gasteiger partial charge in [-0.15, -0.1) is 0 Å². The molecule has 4 saturated carbocycles. The first-order chi connectivity index (χ1) is 11.8. The number of hydrogen-bond acceptors (Lipinski definition) is 4. The van der Waals surface area contributed by atoms with Crippen LogP contribution in [-0.4, -0.2) is 45.2 Å². The van der Waals surface area contributed by atoms with E-state index < -0.39 is 17.7 Å². The van der Waals surface area contributed by atoms with Crippen molar-refractivity contribution < 1.29 is 24.9 Å². The van der Waals surface area contributed by atoms with Crippen molar-refractivity contribution in [3.05, 3.63) is 0 Å². The standard InChI is InChI=1S/C20H30O5/c1-17-6-5-15-18-7-4-12(21)10-19(18,24)8-9-20(15,25-11-18)14(17)3-2-13(17)16(22)23/h12-15,21,24H,2-11H2,1H3,(H,22,23)/t12-,13+,14+,15+,17-,18-,19-,20+/m1/s1. The van der Waals surface area contributed by atoms with Gasteiger partial charge in [-0.25, -0.2) is 0 Å². The molecule has 5 fully saturated rings. The van der Waals surface area contributed by atoms with E-state index in [4.69, 9.17) is 4.74 Å². The van der Waals surface area contributed by atoms with Crippen LogP contribution in [0.15, 0.2) is 0 Å². The molecule has 1 aliphatic heterocycles. The van der Waals surface area contributed by atoms with Crippen molar-refractivity contribution in [1.29, 1.82) is 0 Å². The van der Waals surface area contributed by atoms with Gasteiger partial charge in [-0.1, -0.05) is 6.92 Å². The quantitative estimate of drug-likeness (QED) is 0.676. The molecule has 0 unspecified atom stereocenters. The van der Waals surface area contributed by atoms with Crippen LogP contribution in [0.4, 0.5) is 0 Å². The third-order valence-corrected chi connectivity index (χ3v) is 9.40. The van der Waals surface area contributed by atoms with E-state index in [2.05, 4.69) is 6.92 Å². The highest BCUT2D eigenvalue weighted by Crippen LogP contribution is 2.74. The first-order valence-corrected chi connectivity index (χ1v) is 10.0. The van der Waals surface area contributed by atoms with Crippen LogP contribution in [0.3, 0.4) is 0 Å². The predicted molar refractivity (Wildman–Crippen MR) is 89.8 cm³/mol. The number of fused-ring (bicyclic) bond motifs is 1. The summed E-state index contributed by atoms with van der Waals surface area (Å²) in [7, 11) is 0. The van der Waals surface area contributed by atoms with Crippen molar-refractivity contribution in [2.24, 2.45) is 28.6 Å². The maximum absolute atomic E-state index is 11.8. The molecule has 0 radical (unpaired) electrons. The Balaban J connectivity index is 1.56. The first-order valence-electron chi connectivity index (χ1n) is 10.0. The summed E-state index contributed by atoms with van der Waals surface area (Å²) < 4.78 is 6.60. The fraction of sp³-hybridized carbons (Fsp3) is 0.950. The van der Waals surface area contributed by atoms with E-state index in [1.165, 1.54) is 0 Å². The summed E-state index contributed by atoms with van der Waals surface area (Å²) >= 11 is 0. The molecule has 5 heteroatoms. The van der Waals surface area contributed by atoms with Crippen LogP contribution in [0, 0.1) is 28.6 Å². The molecular weight excluding hydrogens is 320 g/mol. The fourth-order valence-electron chi connectivity index (χ4n) is 8.27. The molecule has 5 rings (SSSR count). The van der Waals surface area contributed by atoms with Crippen molar-refractivity contribution in [3.63, 3.8) is 0 Å². The summed E-state index contributed by atoms with van der Waals surface area (Å²) in [6.45, 7) is 2.76. The average Bonchev–Trinajstić information content (AvgIpc) is 3.03. The number of carbonyl (C=O) groups is 1. The minimum Gasteiger partial charge on any atom is -0.481 e. The molecule has 0 amide bonds. The van der Waals surface area contributed by atoms with Gasteiger partial charge < -0.3 is 20.1 Å². The van der Waals surface area contributed by atoms with Gasteiger partial charge in [0.25, 0.3) is 0 Å². The minimum atomic E-state index is -0.812. The summed E-state index contributed by atoms with van der Waals surface area (Å²) in [5, 5.41) is 31.4. The Kier molecular flexibility index (Phi) is 3.16. The molecule has 5 nitrogen and oxygen atoms in total. The fourth-order valence-corrected chi connectivity index (χ4v) is 8.27. The van der Waals surface area contributed by atoms with Gasteiger partial charge in [0.2, 0.25) is 0 Å². The Morgan fingerprint density at radius 2 is 1.84 bits per heavy atom. The summed E-state index contributed by atoms with van der Waals surface area (Å²) in [5.41, 5.74) is -1.47. The molecule has 25 heavy (non-hydrogen) atoms. The molecule has 4 aliphatic carbocycles. The zero-order valence-corrected chi connectivity index (χ0v) is 15.0. The van der Waals surface area contributed by atoms with Crippen LogP contribution in [0.1, 0.15) is 64.7 Å². The lowest BCUT2D eigenvalue weighted by Crippen LogP contribution is -2.66. The molecule has 5 aliphatic rings. The van der Waals surface area contributed by atoms with E-state index in [0.717, 1.165) is 44.9 Å². The van der Waals surface area contributed by atoms with Gasteiger partial charge in [0.15, 0.2) is 0 Å². The van der Waals surface area contributed by atoms with Crippen LogP contribution in [-0.2, 0) is 9.53 Å². The number of aliphatic hydroxyl groups is 2. The zero-order chi connectivity index (χ0) is 17.7. The average molecular weight is 350 g/mol. The Labute approximate surface area is 148 Å². The van der Waals surface area contributed by atoms with Gasteiger partial charge in [0, 0.05) is 11.8 Å². The largest absolute Gasteiger partial charge is 0.481 e. The molecule has 140 valence electrons. The number of rotatable bonds is 1. The number of ether oxygens (including phenoxy) is 1.